The molecule has 1 atom stereocenters. The summed E-state index contributed by atoms with van der Waals surface area (Å²) in [5.41, 5.74) is 0.0140. The van der Waals surface area contributed by atoms with Crippen molar-refractivity contribution in [2.24, 2.45) is 0 Å². The van der Waals surface area contributed by atoms with E-state index in [9.17, 15) is 17.2 Å². The molecule has 1 rings (SSSR count). The van der Waals surface area contributed by atoms with E-state index in [2.05, 4.69) is 4.72 Å². The van der Waals surface area contributed by atoms with E-state index in [-0.39, 0.29) is 12.1 Å². The molecule has 0 aliphatic rings. The first-order chi connectivity index (χ1) is 7.86. The van der Waals surface area contributed by atoms with Crippen LogP contribution in [0, 0.1) is 23.0 Å². The van der Waals surface area contributed by atoms with E-state index in [1.165, 1.54) is 6.92 Å². The van der Waals surface area contributed by atoms with Crippen molar-refractivity contribution >= 4 is 10.0 Å². The lowest BCUT2D eigenvalue weighted by atomic mass is 10.2. The summed E-state index contributed by atoms with van der Waals surface area (Å²) in [5.74, 6) is -1.57. The normalized spacial score (nSPS) is 13.1. The van der Waals surface area contributed by atoms with Crippen LogP contribution in [0.2, 0.25) is 0 Å². The largest absolute Gasteiger partial charge is 0.227 e. The predicted molar refractivity (Wildman–Crippen MR) is 57.2 cm³/mol. The van der Waals surface area contributed by atoms with Crippen LogP contribution in [0.25, 0.3) is 0 Å². The fourth-order valence-electron chi connectivity index (χ4n) is 1.04. The van der Waals surface area contributed by atoms with Gasteiger partial charge in [-0.05, 0) is 13.0 Å². The Morgan fingerprint density at radius 1 is 1.47 bits per heavy atom. The molecule has 1 aromatic rings. The standard InChI is InChI=1S/C10H10F2N2O2S/c1-7(5-13)17(15,16)14-6-8-2-3-9(11)4-10(8)12/h2-4,7,14H,6H2,1H3. The lowest BCUT2D eigenvalue weighted by Crippen LogP contribution is -2.31. The van der Waals surface area contributed by atoms with Crippen molar-refractivity contribution < 1.29 is 17.2 Å². The molecule has 0 amide bonds. The summed E-state index contributed by atoms with van der Waals surface area (Å²) in [7, 11) is -3.81. The predicted octanol–water partition coefficient (Wildman–Crippen LogP) is 1.30. The number of benzene rings is 1. The van der Waals surface area contributed by atoms with Crippen LogP contribution in [0.3, 0.4) is 0 Å². The zero-order valence-electron chi connectivity index (χ0n) is 8.94. The van der Waals surface area contributed by atoms with Crippen molar-refractivity contribution in [3.8, 4) is 6.07 Å². The van der Waals surface area contributed by atoms with Crippen LogP contribution >= 0.6 is 0 Å². The minimum absolute atomic E-state index is 0.0140. The number of hydrogen-bond acceptors (Lipinski definition) is 3. The quantitative estimate of drug-likeness (QED) is 0.887. The van der Waals surface area contributed by atoms with Crippen LogP contribution in [-0.2, 0) is 16.6 Å². The molecule has 0 saturated carbocycles. The summed E-state index contributed by atoms with van der Waals surface area (Å²) in [5, 5.41) is 7.24. The van der Waals surface area contributed by atoms with Crippen molar-refractivity contribution in [1.82, 2.24) is 4.72 Å². The number of rotatable bonds is 4. The number of nitriles is 1. The van der Waals surface area contributed by atoms with Crippen molar-refractivity contribution in [2.45, 2.75) is 18.7 Å². The zero-order chi connectivity index (χ0) is 13.1. The van der Waals surface area contributed by atoms with Gasteiger partial charge in [0, 0.05) is 18.2 Å². The van der Waals surface area contributed by atoms with Crippen molar-refractivity contribution in [3.05, 3.63) is 35.4 Å². The summed E-state index contributed by atoms with van der Waals surface area (Å²) in [4.78, 5) is 0. The molecular weight excluding hydrogens is 250 g/mol. The summed E-state index contributed by atoms with van der Waals surface area (Å²) in [6.07, 6.45) is 0. The van der Waals surface area contributed by atoms with Gasteiger partial charge in [0.05, 0.1) is 6.07 Å². The maximum absolute atomic E-state index is 13.2. The third-order valence-electron chi connectivity index (χ3n) is 2.13. The highest BCUT2D eigenvalue weighted by atomic mass is 32.2. The molecule has 1 N–H and O–H groups in total. The van der Waals surface area contributed by atoms with Gasteiger partial charge in [-0.1, -0.05) is 6.07 Å². The first kappa shape index (κ1) is 13.5. The molecule has 92 valence electrons. The number of halogens is 2. The van der Waals surface area contributed by atoms with Gasteiger partial charge in [0.1, 0.15) is 11.6 Å². The van der Waals surface area contributed by atoms with Crippen molar-refractivity contribution in [2.75, 3.05) is 0 Å². The van der Waals surface area contributed by atoms with E-state index in [1.807, 2.05) is 0 Å². The summed E-state index contributed by atoms with van der Waals surface area (Å²) >= 11 is 0. The Hall–Kier alpha value is -1.52. The van der Waals surface area contributed by atoms with E-state index >= 15 is 0 Å². The fraction of sp³-hybridized carbons (Fsp3) is 0.300. The highest BCUT2D eigenvalue weighted by molar-refractivity contribution is 7.90. The lowest BCUT2D eigenvalue weighted by molar-refractivity contribution is 0.561. The van der Waals surface area contributed by atoms with E-state index in [0.717, 1.165) is 12.1 Å². The van der Waals surface area contributed by atoms with Gasteiger partial charge in [-0.25, -0.2) is 21.9 Å². The maximum atomic E-state index is 13.2. The summed E-state index contributed by atoms with van der Waals surface area (Å²) in [6.45, 7) is 0.893. The van der Waals surface area contributed by atoms with Gasteiger partial charge in [-0.2, -0.15) is 5.26 Å². The highest BCUT2D eigenvalue weighted by Crippen LogP contribution is 2.10. The third kappa shape index (κ3) is 3.47. The third-order valence-corrected chi connectivity index (χ3v) is 3.71. The molecule has 0 aliphatic heterocycles. The van der Waals surface area contributed by atoms with Crippen molar-refractivity contribution in [1.29, 1.82) is 5.26 Å². The molecule has 1 unspecified atom stereocenters. The number of hydrogen-bond donors (Lipinski definition) is 1. The van der Waals surface area contributed by atoms with Gasteiger partial charge in [-0.15, -0.1) is 0 Å². The van der Waals surface area contributed by atoms with E-state index in [4.69, 9.17) is 5.26 Å². The molecule has 0 heterocycles. The van der Waals surface area contributed by atoms with E-state index in [1.54, 1.807) is 6.07 Å². The average Bonchev–Trinajstić information content (AvgIpc) is 2.26. The molecule has 0 radical (unpaired) electrons. The molecule has 7 heteroatoms. The van der Waals surface area contributed by atoms with Crippen LogP contribution < -0.4 is 4.72 Å². The van der Waals surface area contributed by atoms with Gasteiger partial charge in [0.15, 0.2) is 5.25 Å². The highest BCUT2D eigenvalue weighted by Gasteiger charge is 2.19. The Bertz CT molecular complexity index is 552. The molecule has 0 aromatic heterocycles. The first-order valence-electron chi connectivity index (χ1n) is 4.69. The molecule has 0 fully saturated rings. The number of nitrogens with one attached hydrogen (secondary N) is 1. The molecule has 0 spiro atoms. The molecule has 0 aliphatic carbocycles. The van der Waals surface area contributed by atoms with Crippen molar-refractivity contribution in [3.63, 3.8) is 0 Å². The minimum Gasteiger partial charge on any atom is -0.211 e. The zero-order valence-corrected chi connectivity index (χ0v) is 9.76. The first-order valence-corrected chi connectivity index (χ1v) is 6.23. The second-order valence-corrected chi connectivity index (χ2v) is 5.46. The Morgan fingerprint density at radius 2 is 2.12 bits per heavy atom. The number of sulfonamides is 1. The topological polar surface area (TPSA) is 70.0 Å². The van der Waals surface area contributed by atoms with Gasteiger partial charge in [0.25, 0.3) is 0 Å². The Balaban J connectivity index is 2.79. The molecule has 0 bridgehead atoms. The molecular formula is C10H10F2N2O2S. The van der Waals surface area contributed by atoms with E-state index < -0.39 is 26.9 Å². The smallest absolute Gasteiger partial charge is 0.211 e. The van der Waals surface area contributed by atoms with Gasteiger partial charge >= 0.3 is 0 Å². The average molecular weight is 260 g/mol. The van der Waals surface area contributed by atoms with Crippen LogP contribution in [0.1, 0.15) is 12.5 Å². The van der Waals surface area contributed by atoms with E-state index in [0.29, 0.717) is 6.07 Å². The fourth-order valence-corrected chi connectivity index (χ4v) is 1.78. The van der Waals surface area contributed by atoms with Gasteiger partial charge in [0.2, 0.25) is 10.0 Å². The summed E-state index contributed by atoms with van der Waals surface area (Å²) in [6, 6.07) is 4.40. The van der Waals surface area contributed by atoms with Crippen LogP contribution in [0.15, 0.2) is 18.2 Å². The second kappa shape index (κ2) is 5.21. The summed E-state index contributed by atoms with van der Waals surface area (Å²) < 4.78 is 50.6. The molecule has 4 nitrogen and oxygen atoms in total. The SMILES string of the molecule is CC(C#N)S(=O)(=O)NCc1ccc(F)cc1F. The Morgan fingerprint density at radius 3 is 2.65 bits per heavy atom. The van der Waals surface area contributed by atoms with Crippen LogP contribution in [-0.4, -0.2) is 13.7 Å². The van der Waals surface area contributed by atoms with Crippen LogP contribution in [0.5, 0.6) is 0 Å². The maximum Gasteiger partial charge on any atom is 0.227 e. The molecule has 0 saturated heterocycles. The monoisotopic (exact) mass is 260 g/mol. The minimum atomic E-state index is -3.81. The van der Waals surface area contributed by atoms with Crippen LogP contribution in [0.4, 0.5) is 8.78 Å². The van der Waals surface area contributed by atoms with Gasteiger partial charge < -0.3 is 0 Å². The second-order valence-electron chi connectivity index (χ2n) is 3.37. The van der Waals surface area contributed by atoms with Gasteiger partial charge in [-0.3, -0.25) is 0 Å². The molecule has 1 aromatic carbocycles. The lowest BCUT2D eigenvalue weighted by Gasteiger charge is -2.08. The Kier molecular flexibility index (Phi) is 4.15. The number of nitrogens with zero attached hydrogens (tertiary/aromatic N) is 1. The Labute approximate surface area is 97.9 Å². The molecule has 17 heavy (non-hydrogen) atoms.